The maximum atomic E-state index is 13.7. The zero-order chi connectivity index (χ0) is 21.6. The van der Waals surface area contributed by atoms with Gasteiger partial charge >= 0.3 is 0 Å². The molecule has 7 heteroatoms. The fourth-order valence-corrected chi connectivity index (χ4v) is 5.71. The molecule has 3 aromatic rings. The lowest BCUT2D eigenvalue weighted by Gasteiger charge is -2.44. The van der Waals surface area contributed by atoms with Crippen LogP contribution in [0.25, 0.3) is 10.2 Å². The molecule has 1 saturated carbocycles. The average Bonchev–Trinajstić information content (AvgIpc) is 3.50. The van der Waals surface area contributed by atoms with Crippen LogP contribution < -0.4 is 10.1 Å². The lowest BCUT2D eigenvalue weighted by molar-refractivity contribution is -0.133. The van der Waals surface area contributed by atoms with Gasteiger partial charge in [-0.05, 0) is 55.0 Å². The van der Waals surface area contributed by atoms with Crippen LogP contribution in [0.5, 0.6) is 5.75 Å². The van der Waals surface area contributed by atoms with Gasteiger partial charge in [-0.1, -0.05) is 25.0 Å². The molecule has 0 radical (unpaired) electrons. The number of hydrogen-bond acceptors (Lipinski definition) is 4. The molecule has 0 saturated heterocycles. The quantitative estimate of drug-likeness (QED) is 0.651. The lowest BCUT2D eigenvalue weighted by Crippen LogP contribution is -2.64. The van der Waals surface area contributed by atoms with Crippen molar-refractivity contribution in [3.8, 4) is 5.75 Å². The van der Waals surface area contributed by atoms with E-state index < -0.39 is 5.54 Å². The van der Waals surface area contributed by atoms with Gasteiger partial charge in [-0.15, -0.1) is 11.3 Å². The first-order valence-corrected chi connectivity index (χ1v) is 11.7. The molecule has 1 aliphatic carbocycles. The van der Waals surface area contributed by atoms with E-state index in [4.69, 9.17) is 4.74 Å². The molecule has 1 fully saturated rings. The van der Waals surface area contributed by atoms with Crippen LogP contribution >= 0.6 is 11.3 Å². The van der Waals surface area contributed by atoms with Crippen molar-refractivity contribution in [2.24, 2.45) is 0 Å². The van der Waals surface area contributed by atoms with Crippen LogP contribution in [-0.4, -0.2) is 40.0 Å². The van der Waals surface area contributed by atoms with Crippen LogP contribution in [0, 0.1) is 0 Å². The number of amides is 2. The molecule has 1 N–H and O–H groups in total. The first kappa shape index (κ1) is 20.1. The first-order chi connectivity index (χ1) is 15.0. The van der Waals surface area contributed by atoms with E-state index in [1.54, 1.807) is 23.3 Å². The molecule has 31 heavy (non-hydrogen) atoms. The molecule has 1 atom stereocenters. The molecule has 0 bridgehead atoms. The van der Waals surface area contributed by atoms with Gasteiger partial charge in [-0.3, -0.25) is 9.59 Å². The largest absolute Gasteiger partial charge is 0.497 e. The number of nitrogens with one attached hydrogen (secondary N) is 1. The summed E-state index contributed by atoms with van der Waals surface area (Å²) in [5, 5.41) is 5.27. The molecule has 2 amide bonds. The van der Waals surface area contributed by atoms with Gasteiger partial charge in [-0.2, -0.15) is 0 Å². The smallest absolute Gasteiger partial charge is 0.271 e. The van der Waals surface area contributed by atoms with Crippen molar-refractivity contribution in [1.82, 2.24) is 14.8 Å². The molecular weight excluding hydrogens is 410 g/mol. The SMILES string of the molecule is COc1cccc(CN2C(=O)c3cc4sccc4n3CC2(C)C(=O)NC2CCCC2)c1. The highest BCUT2D eigenvalue weighted by molar-refractivity contribution is 7.17. The number of carbonyl (C=O) groups is 2. The number of methoxy groups -OCH3 is 1. The second-order valence-corrected chi connectivity index (χ2v) is 9.71. The summed E-state index contributed by atoms with van der Waals surface area (Å²) in [7, 11) is 1.63. The van der Waals surface area contributed by atoms with E-state index in [0.717, 1.165) is 47.2 Å². The third-order valence-electron chi connectivity index (χ3n) is 6.70. The van der Waals surface area contributed by atoms with Gasteiger partial charge in [-0.25, -0.2) is 0 Å². The summed E-state index contributed by atoms with van der Waals surface area (Å²) >= 11 is 1.62. The van der Waals surface area contributed by atoms with E-state index in [1.807, 2.05) is 53.3 Å². The number of fused-ring (bicyclic) bond motifs is 3. The fraction of sp³-hybridized carbons (Fsp3) is 0.417. The summed E-state index contributed by atoms with van der Waals surface area (Å²) in [5.41, 5.74) is 1.63. The van der Waals surface area contributed by atoms with Crippen molar-refractivity contribution in [3.63, 3.8) is 0 Å². The van der Waals surface area contributed by atoms with Gasteiger partial charge in [0.05, 0.1) is 23.9 Å². The van der Waals surface area contributed by atoms with Gasteiger partial charge in [0.1, 0.15) is 17.0 Å². The molecule has 162 valence electrons. The number of aromatic nitrogens is 1. The van der Waals surface area contributed by atoms with Gasteiger partial charge in [0, 0.05) is 12.6 Å². The predicted molar refractivity (Wildman–Crippen MR) is 121 cm³/mol. The Bertz CT molecular complexity index is 1140. The number of hydrogen-bond donors (Lipinski definition) is 1. The van der Waals surface area contributed by atoms with E-state index in [0.29, 0.717) is 18.8 Å². The monoisotopic (exact) mass is 437 g/mol. The molecule has 1 aromatic carbocycles. The molecule has 2 aliphatic rings. The number of carbonyl (C=O) groups excluding carboxylic acids is 2. The van der Waals surface area contributed by atoms with Crippen LogP contribution in [0.4, 0.5) is 0 Å². The van der Waals surface area contributed by atoms with Crippen LogP contribution in [0.15, 0.2) is 41.8 Å². The minimum atomic E-state index is -0.983. The number of benzene rings is 1. The zero-order valence-corrected chi connectivity index (χ0v) is 18.7. The lowest BCUT2D eigenvalue weighted by atomic mass is 9.93. The number of ether oxygens (including phenoxy) is 1. The Morgan fingerprint density at radius 2 is 2.06 bits per heavy atom. The summed E-state index contributed by atoms with van der Waals surface area (Å²) in [6.45, 7) is 2.69. The maximum absolute atomic E-state index is 13.7. The molecule has 6 nitrogen and oxygen atoms in total. The number of nitrogens with zero attached hydrogens (tertiary/aromatic N) is 2. The number of thiophene rings is 1. The first-order valence-electron chi connectivity index (χ1n) is 10.8. The minimum Gasteiger partial charge on any atom is -0.497 e. The van der Waals surface area contributed by atoms with Gasteiger partial charge in [0.15, 0.2) is 0 Å². The Morgan fingerprint density at radius 1 is 1.26 bits per heavy atom. The minimum absolute atomic E-state index is 0.0709. The van der Waals surface area contributed by atoms with E-state index in [9.17, 15) is 9.59 Å². The maximum Gasteiger partial charge on any atom is 0.271 e. The standard InChI is InChI=1S/C24H27N3O3S/c1-24(23(29)25-17-7-3-4-8-17)15-26-19-10-11-31-21(19)13-20(26)22(28)27(24)14-16-6-5-9-18(12-16)30-2/h5-6,9-13,17H,3-4,7-8,14-15H2,1-2H3,(H,25,29). The van der Waals surface area contributed by atoms with Crippen molar-refractivity contribution in [1.29, 1.82) is 0 Å². The number of rotatable bonds is 5. The predicted octanol–water partition coefficient (Wildman–Crippen LogP) is 4.18. The van der Waals surface area contributed by atoms with Crippen molar-refractivity contribution >= 4 is 33.4 Å². The van der Waals surface area contributed by atoms with E-state index in [1.165, 1.54) is 0 Å². The fourth-order valence-electron chi connectivity index (χ4n) is 4.89. The normalized spacial score (nSPS) is 21.5. The summed E-state index contributed by atoms with van der Waals surface area (Å²) in [6.07, 6.45) is 4.31. The zero-order valence-electron chi connectivity index (χ0n) is 17.9. The van der Waals surface area contributed by atoms with Crippen LogP contribution in [-0.2, 0) is 17.9 Å². The van der Waals surface area contributed by atoms with Crippen molar-refractivity contribution < 1.29 is 14.3 Å². The Morgan fingerprint density at radius 3 is 2.84 bits per heavy atom. The van der Waals surface area contributed by atoms with E-state index >= 15 is 0 Å². The molecule has 2 aromatic heterocycles. The van der Waals surface area contributed by atoms with E-state index in [-0.39, 0.29) is 17.9 Å². The van der Waals surface area contributed by atoms with Crippen LogP contribution in [0.3, 0.4) is 0 Å². The van der Waals surface area contributed by atoms with Crippen LogP contribution in [0.2, 0.25) is 0 Å². The van der Waals surface area contributed by atoms with Crippen molar-refractivity contribution in [3.05, 3.63) is 53.0 Å². The third-order valence-corrected chi connectivity index (χ3v) is 7.56. The van der Waals surface area contributed by atoms with Gasteiger partial charge in [0.25, 0.3) is 5.91 Å². The third kappa shape index (κ3) is 3.41. The molecule has 5 rings (SSSR count). The van der Waals surface area contributed by atoms with E-state index in [2.05, 4.69) is 5.32 Å². The highest BCUT2D eigenvalue weighted by atomic mass is 32.1. The Hall–Kier alpha value is -2.80. The topological polar surface area (TPSA) is 63.6 Å². The summed E-state index contributed by atoms with van der Waals surface area (Å²) < 4.78 is 8.45. The summed E-state index contributed by atoms with van der Waals surface area (Å²) in [4.78, 5) is 29.1. The second-order valence-electron chi connectivity index (χ2n) is 8.76. The second kappa shape index (κ2) is 7.71. The highest BCUT2D eigenvalue weighted by Crippen LogP contribution is 2.36. The molecule has 1 unspecified atom stereocenters. The van der Waals surface area contributed by atoms with Gasteiger partial charge in [0.2, 0.25) is 5.91 Å². The Kier molecular flexibility index (Phi) is 5.01. The van der Waals surface area contributed by atoms with Crippen molar-refractivity contribution in [2.45, 2.75) is 57.3 Å². The molecule has 1 aliphatic heterocycles. The summed E-state index contributed by atoms with van der Waals surface area (Å²) in [5.74, 6) is 0.558. The highest BCUT2D eigenvalue weighted by Gasteiger charge is 2.48. The van der Waals surface area contributed by atoms with Crippen molar-refractivity contribution in [2.75, 3.05) is 7.11 Å². The Balaban J connectivity index is 1.54. The Labute approximate surface area is 185 Å². The summed E-state index contributed by atoms with van der Waals surface area (Å²) in [6, 6.07) is 11.9. The van der Waals surface area contributed by atoms with Crippen LogP contribution in [0.1, 0.15) is 48.7 Å². The van der Waals surface area contributed by atoms with Gasteiger partial charge < -0.3 is 19.5 Å². The molecule has 0 spiro atoms. The molecular formula is C24H27N3O3S. The average molecular weight is 438 g/mol. The molecule has 3 heterocycles.